The number of nitro benzene ring substituents is 1. The highest BCUT2D eigenvalue weighted by molar-refractivity contribution is 6.44. The molecular formula is C10H8Cl2N2O5. The summed E-state index contributed by atoms with van der Waals surface area (Å²) in [7, 11) is 0. The van der Waals surface area contributed by atoms with E-state index in [1.807, 2.05) is 0 Å². The van der Waals surface area contributed by atoms with E-state index < -0.39 is 16.8 Å². The normalized spacial score (nSPS) is 10.0. The third-order valence-electron chi connectivity index (χ3n) is 2.09. The summed E-state index contributed by atoms with van der Waals surface area (Å²) in [4.78, 5) is 31.9. The van der Waals surface area contributed by atoms with Gasteiger partial charge in [0.15, 0.2) is 0 Å². The summed E-state index contributed by atoms with van der Waals surface area (Å²) in [6.45, 7) is -0.120. The number of nitro groups is 1. The van der Waals surface area contributed by atoms with Crippen LogP contribution in [0.5, 0.6) is 0 Å². The minimum Gasteiger partial charge on any atom is -0.481 e. The summed E-state index contributed by atoms with van der Waals surface area (Å²) >= 11 is 11.5. The second-order valence-electron chi connectivity index (χ2n) is 3.45. The molecule has 0 atom stereocenters. The van der Waals surface area contributed by atoms with Gasteiger partial charge >= 0.3 is 5.97 Å². The Morgan fingerprint density at radius 2 is 2.00 bits per heavy atom. The van der Waals surface area contributed by atoms with Crippen molar-refractivity contribution in [2.75, 3.05) is 6.54 Å². The summed E-state index contributed by atoms with van der Waals surface area (Å²) in [6.07, 6.45) is -0.272. The molecule has 0 unspecified atom stereocenters. The molecule has 0 aliphatic carbocycles. The average molecular weight is 307 g/mol. The van der Waals surface area contributed by atoms with Crippen LogP contribution in [-0.4, -0.2) is 28.5 Å². The molecule has 7 nitrogen and oxygen atoms in total. The lowest BCUT2D eigenvalue weighted by atomic mass is 10.2. The third kappa shape index (κ3) is 4.08. The fourth-order valence-corrected chi connectivity index (χ4v) is 1.63. The Bertz CT molecular complexity index is 547. The number of hydrogen-bond acceptors (Lipinski definition) is 4. The highest BCUT2D eigenvalue weighted by Crippen LogP contribution is 2.30. The summed E-state index contributed by atoms with van der Waals surface area (Å²) in [5, 5.41) is 21.1. The lowest BCUT2D eigenvalue weighted by molar-refractivity contribution is -0.384. The number of non-ortho nitro benzene ring substituents is 1. The molecule has 102 valence electrons. The molecule has 2 N–H and O–H groups in total. The molecule has 0 radical (unpaired) electrons. The molecule has 0 spiro atoms. The molecule has 0 saturated heterocycles. The van der Waals surface area contributed by atoms with Crippen molar-refractivity contribution in [1.29, 1.82) is 0 Å². The van der Waals surface area contributed by atoms with Gasteiger partial charge in [-0.15, -0.1) is 0 Å². The molecule has 1 aromatic carbocycles. The number of nitrogens with one attached hydrogen (secondary N) is 1. The highest BCUT2D eigenvalue weighted by Gasteiger charge is 2.19. The summed E-state index contributed by atoms with van der Waals surface area (Å²) in [5.41, 5.74) is -0.552. The van der Waals surface area contributed by atoms with Crippen LogP contribution in [0.25, 0.3) is 0 Å². The van der Waals surface area contributed by atoms with Gasteiger partial charge in [0.1, 0.15) is 0 Å². The summed E-state index contributed by atoms with van der Waals surface area (Å²) in [5.74, 6) is -1.81. The van der Waals surface area contributed by atoms with E-state index in [-0.39, 0.29) is 34.3 Å². The van der Waals surface area contributed by atoms with Crippen LogP contribution < -0.4 is 5.32 Å². The predicted octanol–water partition coefficient (Wildman–Crippen LogP) is 2.11. The minimum atomic E-state index is -1.08. The maximum absolute atomic E-state index is 11.7. The molecule has 19 heavy (non-hydrogen) atoms. The molecule has 0 aliphatic heterocycles. The van der Waals surface area contributed by atoms with E-state index in [0.29, 0.717) is 0 Å². The van der Waals surface area contributed by atoms with Gasteiger partial charge < -0.3 is 10.4 Å². The van der Waals surface area contributed by atoms with Crippen LogP contribution in [0, 0.1) is 10.1 Å². The van der Waals surface area contributed by atoms with Crippen molar-refractivity contribution < 1.29 is 19.6 Å². The number of halogens is 2. The van der Waals surface area contributed by atoms with Crippen LogP contribution in [-0.2, 0) is 4.79 Å². The van der Waals surface area contributed by atoms with Gasteiger partial charge in [-0.3, -0.25) is 19.7 Å². The lowest BCUT2D eigenvalue weighted by Crippen LogP contribution is -2.26. The Hall–Kier alpha value is -1.86. The zero-order chi connectivity index (χ0) is 14.6. The van der Waals surface area contributed by atoms with Crippen molar-refractivity contribution in [3.8, 4) is 0 Å². The van der Waals surface area contributed by atoms with E-state index in [4.69, 9.17) is 28.3 Å². The van der Waals surface area contributed by atoms with E-state index in [1.54, 1.807) is 0 Å². The largest absolute Gasteiger partial charge is 0.481 e. The van der Waals surface area contributed by atoms with E-state index in [2.05, 4.69) is 5.32 Å². The van der Waals surface area contributed by atoms with E-state index in [9.17, 15) is 19.7 Å². The summed E-state index contributed by atoms with van der Waals surface area (Å²) < 4.78 is 0. The monoisotopic (exact) mass is 306 g/mol. The number of aliphatic carboxylic acids is 1. The van der Waals surface area contributed by atoms with Crippen LogP contribution >= 0.6 is 23.2 Å². The van der Waals surface area contributed by atoms with Gasteiger partial charge in [0.05, 0.1) is 27.0 Å². The van der Waals surface area contributed by atoms with Gasteiger partial charge in [-0.05, 0) is 0 Å². The second-order valence-corrected chi connectivity index (χ2v) is 4.23. The number of benzene rings is 1. The van der Waals surface area contributed by atoms with Gasteiger partial charge in [0, 0.05) is 18.7 Å². The van der Waals surface area contributed by atoms with Crippen LogP contribution in [0.2, 0.25) is 10.0 Å². The fraction of sp³-hybridized carbons (Fsp3) is 0.200. The first-order chi connectivity index (χ1) is 8.82. The first-order valence-corrected chi connectivity index (χ1v) is 5.72. The molecule has 0 aliphatic rings. The lowest BCUT2D eigenvalue weighted by Gasteiger charge is -2.06. The van der Waals surface area contributed by atoms with Crippen LogP contribution in [0.3, 0.4) is 0 Å². The molecule has 0 fully saturated rings. The Morgan fingerprint density at radius 3 is 2.53 bits per heavy atom. The Morgan fingerprint density at radius 1 is 1.37 bits per heavy atom. The van der Waals surface area contributed by atoms with Crippen molar-refractivity contribution in [1.82, 2.24) is 5.32 Å². The standard InChI is InChI=1S/C10H8Cl2N2O5/c11-7-4-5(14(18)19)3-6(9(7)12)10(17)13-2-1-8(15)16/h3-4H,1-2H2,(H,13,17)(H,15,16). The molecule has 0 saturated carbocycles. The number of rotatable bonds is 5. The number of carbonyl (C=O) groups excluding carboxylic acids is 1. The zero-order valence-electron chi connectivity index (χ0n) is 9.35. The van der Waals surface area contributed by atoms with Crippen molar-refractivity contribution in [3.63, 3.8) is 0 Å². The molecule has 9 heteroatoms. The smallest absolute Gasteiger partial charge is 0.305 e. The molecule has 1 rings (SSSR count). The number of amides is 1. The van der Waals surface area contributed by atoms with Crippen molar-refractivity contribution >= 4 is 40.8 Å². The predicted molar refractivity (Wildman–Crippen MR) is 67.7 cm³/mol. The molecule has 0 bridgehead atoms. The second kappa shape index (κ2) is 6.35. The van der Waals surface area contributed by atoms with E-state index in [1.165, 1.54) is 0 Å². The Kier molecular flexibility index (Phi) is 5.08. The minimum absolute atomic E-state index is 0.120. The maximum Gasteiger partial charge on any atom is 0.305 e. The van der Waals surface area contributed by atoms with Gasteiger partial charge in [0.2, 0.25) is 0 Å². The summed E-state index contributed by atoms with van der Waals surface area (Å²) in [6, 6.07) is 2.00. The number of carboxylic acid groups (broad SMARTS) is 1. The highest BCUT2D eigenvalue weighted by atomic mass is 35.5. The molecular weight excluding hydrogens is 299 g/mol. The Labute approximate surface area is 117 Å². The quantitative estimate of drug-likeness (QED) is 0.639. The van der Waals surface area contributed by atoms with Crippen molar-refractivity contribution in [2.45, 2.75) is 6.42 Å². The third-order valence-corrected chi connectivity index (χ3v) is 2.89. The first-order valence-electron chi connectivity index (χ1n) is 4.96. The van der Waals surface area contributed by atoms with E-state index >= 15 is 0 Å². The zero-order valence-corrected chi connectivity index (χ0v) is 10.9. The molecule has 1 amide bonds. The van der Waals surface area contributed by atoms with Gasteiger partial charge in [-0.2, -0.15) is 0 Å². The molecule has 1 aromatic rings. The maximum atomic E-state index is 11.7. The van der Waals surface area contributed by atoms with Gasteiger partial charge in [0.25, 0.3) is 11.6 Å². The Balaban J connectivity index is 2.95. The van der Waals surface area contributed by atoms with Gasteiger partial charge in [-0.1, -0.05) is 23.2 Å². The fourth-order valence-electron chi connectivity index (χ4n) is 1.22. The van der Waals surface area contributed by atoms with Crippen molar-refractivity contribution in [3.05, 3.63) is 37.9 Å². The molecule has 0 aromatic heterocycles. The van der Waals surface area contributed by atoms with E-state index in [0.717, 1.165) is 12.1 Å². The first kappa shape index (κ1) is 15.2. The number of hydrogen-bond donors (Lipinski definition) is 2. The number of nitrogens with zero attached hydrogens (tertiary/aromatic N) is 1. The SMILES string of the molecule is O=C(O)CCNC(=O)c1cc([N+](=O)[O-])cc(Cl)c1Cl. The molecule has 0 heterocycles. The van der Waals surface area contributed by atoms with Crippen LogP contribution in [0.15, 0.2) is 12.1 Å². The van der Waals surface area contributed by atoms with Crippen LogP contribution in [0.1, 0.15) is 16.8 Å². The average Bonchev–Trinajstić information content (AvgIpc) is 2.31. The van der Waals surface area contributed by atoms with Crippen LogP contribution in [0.4, 0.5) is 5.69 Å². The van der Waals surface area contributed by atoms with Crippen molar-refractivity contribution in [2.24, 2.45) is 0 Å². The number of carboxylic acids is 1. The number of carbonyl (C=O) groups is 2. The topological polar surface area (TPSA) is 110 Å². The van der Waals surface area contributed by atoms with Gasteiger partial charge in [-0.25, -0.2) is 0 Å².